The first-order valence-corrected chi connectivity index (χ1v) is 6.81. The Balaban J connectivity index is 1.99. The standard InChI is InChI=1S/C15H22N4O/c1-15(2,3)19-10-13(17-18-19)9-16-14(11-20)12-7-5-4-6-8-12/h4-8,10,14,16,20H,9,11H2,1-3H3. The fourth-order valence-electron chi connectivity index (χ4n) is 1.91. The van der Waals surface area contributed by atoms with Gasteiger partial charge in [-0.1, -0.05) is 35.5 Å². The summed E-state index contributed by atoms with van der Waals surface area (Å²) in [5.41, 5.74) is 1.87. The van der Waals surface area contributed by atoms with Crippen molar-refractivity contribution in [1.82, 2.24) is 20.3 Å². The molecule has 20 heavy (non-hydrogen) atoms. The fraction of sp³-hybridized carbons (Fsp3) is 0.467. The zero-order valence-electron chi connectivity index (χ0n) is 12.2. The van der Waals surface area contributed by atoms with Crippen LogP contribution in [-0.2, 0) is 12.1 Å². The molecule has 0 radical (unpaired) electrons. The van der Waals surface area contributed by atoms with E-state index in [2.05, 4.69) is 36.4 Å². The number of nitrogens with zero attached hydrogens (tertiary/aromatic N) is 3. The van der Waals surface area contributed by atoms with Crippen LogP contribution in [0.5, 0.6) is 0 Å². The van der Waals surface area contributed by atoms with Gasteiger partial charge in [-0.05, 0) is 26.3 Å². The number of aromatic nitrogens is 3. The summed E-state index contributed by atoms with van der Waals surface area (Å²) in [5.74, 6) is 0. The van der Waals surface area contributed by atoms with E-state index in [0.29, 0.717) is 6.54 Å². The fourth-order valence-corrected chi connectivity index (χ4v) is 1.91. The van der Waals surface area contributed by atoms with Gasteiger partial charge in [-0.25, -0.2) is 4.68 Å². The van der Waals surface area contributed by atoms with Crippen LogP contribution in [0.4, 0.5) is 0 Å². The van der Waals surface area contributed by atoms with Gasteiger partial charge in [-0.15, -0.1) is 5.10 Å². The van der Waals surface area contributed by atoms with Crippen molar-refractivity contribution in [2.45, 2.75) is 38.9 Å². The predicted molar refractivity (Wildman–Crippen MR) is 78.1 cm³/mol. The first-order valence-electron chi connectivity index (χ1n) is 6.81. The Bertz CT molecular complexity index is 530. The van der Waals surface area contributed by atoms with Crippen LogP contribution in [-0.4, -0.2) is 26.7 Å². The molecular formula is C15H22N4O. The SMILES string of the molecule is CC(C)(C)n1cc(CNC(CO)c2ccccc2)nn1. The number of nitrogens with one attached hydrogen (secondary N) is 1. The van der Waals surface area contributed by atoms with Crippen LogP contribution >= 0.6 is 0 Å². The van der Waals surface area contributed by atoms with Gasteiger partial charge in [0.05, 0.1) is 30.1 Å². The van der Waals surface area contributed by atoms with Crippen LogP contribution < -0.4 is 5.32 Å². The molecule has 1 aromatic carbocycles. The molecule has 0 aliphatic carbocycles. The Morgan fingerprint density at radius 3 is 2.50 bits per heavy atom. The van der Waals surface area contributed by atoms with Crippen molar-refractivity contribution in [2.75, 3.05) is 6.61 Å². The summed E-state index contributed by atoms with van der Waals surface area (Å²) in [5, 5.41) is 21.1. The number of benzene rings is 1. The van der Waals surface area contributed by atoms with E-state index in [9.17, 15) is 5.11 Å². The first kappa shape index (κ1) is 14.7. The second-order valence-corrected chi connectivity index (χ2v) is 5.85. The van der Waals surface area contributed by atoms with E-state index in [-0.39, 0.29) is 18.2 Å². The van der Waals surface area contributed by atoms with Crippen LogP contribution in [0, 0.1) is 0 Å². The molecule has 5 nitrogen and oxygen atoms in total. The summed E-state index contributed by atoms with van der Waals surface area (Å²) in [7, 11) is 0. The molecule has 0 saturated heterocycles. The van der Waals surface area contributed by atoms with Crippen LogP contribution in [0.25, 0.3) is 0 Å². The molecule has 0 bridgehead atoms. The lowest BCUT2D eigenvalue weighted by atomic mass is 10.1. The topological polar surface area (TPSA) is 63.0 Å². The maximum atomic E-state index is 9.49. The minimum atomic E-state index is -0.0870. The van der Waals surface area contributed by atoms with Gasteiger partial charge in [0.25, 0.3) is 0 Å². The van der Waals surface area contributed by atoms with Gasteiger partial charge in [0.2, 0.25) is 0 Å². The van der Waals surface area contributed by atoms with Gasteiger partial charge in [-0.3, -0.25) is 0 Å². The predicted octanol–water partition coefficient (Wildman–Crippen LogP) is 1.86. The maximum absolute atomic E-state index is 9.49. The second kappa shape index (κ2) is 6.15. The average molecular weight is 274 g/mol. The molecule has 0 aliphatic rings. The van der Waals surface area contributed by atoms with Crippen molar-refractivity contribution >= 4 is 0 Å². The number of hydrogen-bond donors (Lipinski definition) is 2. The third-order valence-corrected chi connectivity index (χ3v) is 3.14. The molecule has 0 saturated carbocycles. The van der Waals surface area contributed by atoms with Crippen molar-refractivity contribution < 1.29 is 5.11 Å². The molecule has 108 valence electrons. The van der Waals surface area contributed by atoms with Gasteiger partial charge in [-0.2, -0.15) is 0 Å². The van der Waals surface area contributed by atoms with Crippen LogP contribution in [0.3, 0.4) is 0 Å². The number of rotatable bonds is 5. The number of aliphatic hydroxyl groups excluding tert-OH is 1. The highest BCUT2D eigenvalue weighted by molar-refractivity contribution is 5.19. The van der Waals surface area contributed by atoms with Crippen molar-refractivity contribution in [2.24, 2.45) is 0 Å². The molecule has 1 unspecified atom stereocenters. The third-order valence-electron chi connectivity index (χ3n) is 3.14. The van der Waals surface area contributed by atoms with E-state index in [1.54, 1.807) is 0 Å². The lowest BCUT2D eigenvalue weighted by Gasteiger charge is -2.17. The lowest BCUT2D eigenvalue weighted by Crippen LogP contribution is -2.24. The molecule has 2 aromatic rings. The van der Waals surface area contributed by atoms with Gasteiger partial charge >= 0.3 is 0 Å². The smallest absolute Gasteiger partial charge is 0.0965 e. The van der Waals surface area contributed by atoms with E-state index in [1.807, 2.05) is 41.2 Å². The molecule has 1 heterocycles. The van der Waals surface area contributed by atoms with Crippen molar-refractivity contribution in [3.05, 3.63) is 47.8 Å². The quantitative estimate of drug-likeness (QED) is 0.873. The minimum Gasteiger partial charge on any atom is -0.394 e. The summed E-state index contributed by atoms with van der Waals surface area (Å²) in [4.78, 5) is 0. The highest BCUT2D eigenvalue weighted by Gasteiger charge is 2.16. The Hall–Kier alpha value is -1.72. The summed E-state index contributed by atoms with van der Waals surface area (Å²) >= 11 is 0. The zero-order valence-corrected chi connectivity index (χ0v) is 12.2. The Morgan fingerprint density at radius 1 is 1.25 bits per heavy atom. The average Bonchev–Trinajstić information content (AvgIpc) is 2.89. The number of hydrogen-bond acceptors (Lipinski definition) is 4. The van der Waals surface area contributed by atoms with Gasteiger partial charge in [0.1, 0.15) is 0 Å². The summed E-state index contributed by atoms with van der Waals surface area (Å²) in [6.45, 7) is 6.88. The lowest BCUT2D eigenvalue weighted by molar-refractivity contribution is 0.243. The first-order chi connectivity index (χ1) is 9.50. The summed E-state index contributed by atoms with van der Waals surface area (Å²) in [6, 6.07) is 9.81. The minimum absolute atomic E-state index is 0.0530. The molecule has 1 atom stereocenters. The Kier molecular flexibility index (Phi) is 4.52. The van der Waals surface area contributed by atoms with Crippen LogP contribution in [0.15, 0.2) is 36.5 Å². The Morgan fingerprint density at radius 2 is 1.95 bits per heavy atom. The highest BCUT2D eigenvalue weighted by Crippen LogP contribution is 2.14. The van der Waals surface area contributed by atoms with E-state index in [0.717, 1.165) is 11.3 Å². The molecule has 0 fully saturated rings. The zero-order chi connectivity index (χ0) is 14.6. The molecule has 0 aliphatic heterocycles. The molecule has 5 heteroatoms. The van der Waals surface area contributed by atoms with E-state index < -0.39 is 0 Å². The van der Waals surface area contributed by atoms with Crippen molar-refractivity contribution in [3.63, 3.8) is 0 Å². The van der Waals surface area contributed by atoms with Crippen LogP contribution in [0.2, 0.25) is 0 Å². The van der Waals surface area contributed by atoms with E-state index in [1.165, 1.54) is 0 Å². The van der Waals surface area contributed by atoms with Gasteiger partial charge in [0.15, 0.2) is 0 Å². The van der Waals surface area contributed by atoms with E-state index in [4.69, 9.17) is 0 Å². The van der Waals surface area contributed by atoms with E-state index >= 15 is 0 Å². The molecule has 2 rings (SSSR count). The van der Waals surface area contributed by atoms with Crippen molar-refractivity contribution in [1.29, 1.82) is 0 Å². The van der Waals surface area contributed by atoms with Crippen LogP contribution in [0.1, 0.15) is 38.1 Å². The second-order valence-electron chi connectivity index (χ2n) is 5.85. The van der Waals surface area contributed by atoms with Crippen molar-refractivity contribution in [3.8, 4) is 0 Å². The summed E-state index contributed by atoms with van der Waals surface area (Å²) < 4.78 is 1.85. The molecule has 2 N–H and O–H groups in total. The molecular weight excluding hydrogens is 252 g/mol. The normalized spacial score (nSPS) is 13.4. The third kappa shape index (κ3) is 3.65. The monoisotopic (exact) mass is 274 g/mol. The summed E-state index contributed by atoms with van der Waals surface area (Å²) in [6.07, 6.45) is 1.94. The molecule has 0 spiro atoms. The molecule has 0 amide bonds. The van der Waals surface area contributed by atoms with Gasteiger partial charge in [0, 0.05) is 6.54 Å². The van der Waals surface area contributed by atoms with Gasteiger partial charge < -0.3 is 10.4 Å². The highest BCUT2D eigenvalue weighted by atomic mass is 16.3. The molecule has 1 aromatic heterocycles. The largest absolute Gasteiger partial charge is 0.394 e. The number of aliphatic hydroxyl groups is 1. The Labute approximate surface area is 119 Å². The maximum Gasteiger partial charge on any atom is 0.0965 e.